The lowest BCUT2D eigenvalue weighted by Gasteiger charge is -2.38. The number of piperidine rings is 1. The molecule has 0 N–H and O–H groups in total. The second-order valence-corrected chi connectivity index (χ2v) is 6.43. The van der Waals surface area contributed by atoms with E-state index >= 15 is 0 Å². The number of likely N-dealkylation sites (tertiary alicyclic amines) is 1. The Bertz CT molecular complexity index is 777. The first-order valence-corrected chi connectivity index (χ1v) is 8.11. The monoisotopic (exact) mass is 309 g/mol. The molecule has 2 aliphatic rings. The quantitative estimate of drug-likeness (QED) is 0.853. The van der Waals surface area contributed by atoms with E-state index in [1.165, 1.54) is 6.42 Å². The van der Waals surface area contributed by atoms with E-state index in [1.54, 1.807) is 18.5 Å². The molecule has 0 saturated carbocycles. The smallest absolute Gasteiger partial charge is 0.217 e. The normalized spacial score (nSPS) is 23.5. The number of nitriles is 1. The first-order chi connectivity index (χ1) is 11.2. The van der Waals surface area contributed by atoms with E-state index in [-0.39, 0.29) is 5.60 Å². The van der Waals surface area contributed by atoms with E-state index in [9.17, 15) is 0 Å². The molecular weight excluding hydrogens is 290 g/mol. The Morgan fingerprint density at radius 1 is 1.39 bits per heavy atom. The third-order valence-electron chi connectivity index (χ3n) is 4.86. The lowest BCUT2D eigenvalue weighted by Crippen LogP contribution is -2.51. The highest BCUT2D eigenvalue weighted by atomic mass is 16.5. The van der Waals surface area contributed by atoms with Gasteiger partial charge in [0.2, 0.25) is 11.6 Å². The molecule has 0 bridgehead atoms. The van der Waals surface area contributed by atoms with Crippen LogP contribution in [0.15, 0.2) is 29.0 Å². The van der Waals surface area contributed by atoms with Gasteiger partial charge in [-0.05, 0) is 32.0 Å². The average Bonchev–Trinajstić information content (AvgIpc) is 3.18. The van der Waals surface area contributed by atoms with Gasteiger partial charge in [-0.25, -0.2) is 4.98 Å². The summed E-state index contributed by atoms with van der Waals surface area (Å²) in [5.41, 5.74) is 2.89. The van der Waals surface area contributed by atoms with Crippen molar-refractivity contribution in [2.24, 2.45) is 0 Å². The predicted octanol–water partition coefficient (Wildman–Crippen LogP) is 3.00. The highest BCUT2D eigenvalue weighted by Crippen LogP contribution is 2.40. The van der Waals surface area contributed by atoms with Crippen LogP contribution in [0.1, 0.15) is 31.1 Å². The van der Waals surface area contributed by atoms with Crippen LogP contribution in [0, 0.1) is 11.3 Å². The highest BCUT2D eigenvalue weighted by Gasteiger charge is 2.43. The molecule has 2 aliphatic heterocycles. The van der Waals surface area contributed by atoms with Crippen LogP contribution in [-0.2, 0) is 6.42 Å². The number of ether oxygens (including phenoxy) is 1. The Morgan fingerprint density at radius 3 is 3.09 bits per heavy atom. The van der Waals surface area contributed by atoms with Gasteiger partial charge in [0.25, 0.3) is 0 Å². The highest BCUT2D eigenvalue weighted by molar-refractivity contribution is 5.64. The Morgan fingerprint density at radius 2 is 2.30 bits per heavy atom. The molecule has 1 spiro atoms. The number of nitrogens with zero attached hydrogens (tertiary/aromatic N) is 3. The number of fused-ring (bicyclic) bond motifs is 1. The molecule has 4 rings (SSSR count). The average molecular weight is 309 g/mol. The maximum Gasteiger partial charge on any atom is 0.217 e. The van der Waals surface area contributed by atoms with Crippen LogP contribution in [0.25, 0.3) is 11.1 Å². The fourth-order valence-electron chi connectivity index (χ4n) is 3.70. The largest absolute Gasteiger partial charge is 0.469 e. The topological polar surface area (TPSA) is 62.3 Å². The first-order valence-electron chi connectivity index (χ1n) is 8.11. The van der Waals surface area contributed by atoms with Crippen LogP contribution in [-0.4, -0.2) is 35.1 Å². The Balaban J connectivity index is 1.61. The van der Waals surface area contributed by atoms with E-state index in [0.29, 0.717) is 5.76 Å². The Kier molecular flexibility index (Phi) is 3.35. The molecular formula is C18H19N3O2. The van der Waals surface area contributed by atoms with Gasteiger partial charge in [0, 0.05) is 41.9 Å². The van der Waals surface area contributed by atoms with Crippen molar-refractivity contribution < 1.29 is 9.15 Å². The lowest BCUT2D eigenvalue weighted by molar-refractivity contribution is 0.00781. The van der Waals surface area contributed by atoms with E-state index < -0.39 is 0 Å². The second kappa shape index (κ2) is 5.39. The minimum Gasteiger partial charge on any atom is -0.469 e. The number of aromatic nitrogens is 1. The van der Waals surface area contributed by atoms with Crippen molar-refractivity contribution in [3.8, 4) is 23.1 Å². The van der Waals surface area contributed by atoms with Crippen LogP contribution in [0.5, 0.6) is 5.88 Å². The van der Waals surface area contributed by atoms with Gasteiger partial charge in [-0.1, -0.05) is 6.92 Å². The molecule has 1 saturated heterocycles. The summed E-state index contributed by atoms with van der Waals surface area (Å²) in [7, 11) is 0. The SMILES string of the molecule is CCN1CCC[C@]2(Cc3cc(-c4coc(C#N)c4)cnc3O2)C1. The zero-order valence-corrected chi connectivity index (χ0v) is 13.2. The fraction of sp³-hybridized carbons (Fsp3) is 0.444. The predicted molar refractivity (Wildman–Crippen MR) is 85.1 cm³/mol. The summed E-state index contributed by atoms with van der Waals surface area (Å²) >= 11 is 0. The molecule has 1 fully saturated rings. The third-order valence-corrected chi connectivity index (χ3v) is 4.86. The molecule has 0 aliphatic carbocycles. The molecule has 0 radical (unpaired) electrons. The minimum absolute atomic E-state index is 0.115. The van der Waals surface area contributed by atoms with Gasteiger partial charge in [-0.3, -0.25) is 4.90 Å². The van der Waals surface area contributed by atoms with Crippen LogP contribution in [0.3, 0.4) is 0 Å². The molecule has 118 valence electrons. The van der Waals surface area contributed by atoms with Gasteiger partial charge >= 0.3 is 0 Å². The first kappa shape index (κ1) is 14.3. The number of likely N-dealkylation sites (N-methyl/N-ethyl adjacent to an activating group) is 1. The number of hydrogen-bond donors (Lipinski definition) is 0. The molecule has 2 aromatic rings. The maximum atomic E-state index is 8.88. The van der Waals surface area contributed by atoms with Gasteiger partial charge in [0.05, 0.1) is 0 Å². The molecule has 1 atom stereocenters. The summed E-state index contributed by atoms with van der Waals surface area (Å²) < 4.78 is 11.5. The Hall–Kier alpha value is -2.32. The molecule has 0 amide bonds. The van der Waals surface area contributed by atoms with Gasteiger partial charge in [-0.2, -0.15) is 5.26 Å². The van der Waals surface area contributed by atoms with E-state index in [0.717, 1.165) is 55.0 Å². The summed E-state index contributed by atoms with van der Waals surface area (Å²) in [6, 6.07) is 5.87. The summed E-state index contributed by atoms with van der Waals surface area (Å²) in [5.74, 6) is 1.08. The maximum absolute atomic E-state index is 8.88. The molecule has 0 unspecified atom stereocenters. The number of furan rings is 1. The Labute approximate surface area is 135 Å². The number of pyridine rings is 1. The van der Waals surface area contributed by atoms with Crippen LogP contribution in [0.4, 0.5) is 0 Å². The van der Waals surface area contributed by atoms with Crippen molar-refractivity contribution in [3.63, 3.8) is 0 Å². The standard InChI is InChI=1S/C18H19N3O2/c1-2-21-5-3-4-18(12-21)8-13-6-14(10-20-17(13)23-18)15-7-16(9-19)22-11-15/h6-7,10-11H,2-5,8,12H2,1H3/t18-/m0/s1. The van der Waals surface area contributed by atoms with Crippen LogP contribution < -0.4 is 4.74 Å². The molecule has 2 aromatic heterocycles. The van der Waals surface area contributed by atoms with Crippen LogP contribution >= 0.6 is 0 Å². The van der Waals surface area contributed by atoms with E-state index in [1.807, 2.05) is 6.07 Å². The van der Waals surface area contributed by atoms with E-state index in [4.69, 9.17) is 14.4 Å². The van der Waals surface area contributed by atoms with Gasteiger partial charge in [0.15, 0.2) is 0 Å². The lowest BCUT2D eigenvalue weighted by atomic mass is 9.88. The summed E-state index contributed by atoms with van der Waals surface area (Å²) in [6.07, 6.45) is 6.56. The summed E-state index contributed by atoms with van der Waals surface area (Å²) in [5, 5.41) is 8.88. The number of rotatable bonds is 2. The van der Waals surface area contributed by atoms with Crippen molar-refractivity contribution in [1.82, 2.24) is 9.88 Å². The minimum atomic E-state index is -0.115. The van der Waals surface area contributed by atoms with Crippen molar-refractivity contribution in [3.05, 3.63) is 35.9 Å². The summed E-state index contributed by atoms with van der Waals surface area (Å²) in [4.78, 5) is 6.96. The zero-order chi connectivity index (χ0) is 15.9. The number of hydrogen-bond acceptors (Lipinski definition) is 5. The second-order valence-electron chi connectivity index (χ2n) is 6.43. The van der Waals surface area contributed by atoms with Crippen molar-refractivity contribution >= 4 is 0 Å². The molecule has 0 aromatic carbocycles. The van der Waals surface area contributed by atoms with E-state index in [2.05, 4.69) is 22.9 Å². The van der Waals surface area contributed by atoms with Gasteiger partial charge in [0.1, 0.15) is 17.9 Å². The molecule has 5 heteroatoms. The zero-order valence-electron chi connectivity index (χ0n) is 13.2. The molecule has 5 nitrogen and oxygen atoms in total. The summed E-state index contributed by atoms with van der Waals surface area (Å²) in [6.45, 7) is 5.39. The van der Waals surface area contributed by atoms with Crippen molar-refractivity contribution in [1.29, 1.82) is 5.26 Å². The molecule has 23 heavy (non-hydrogen) atoms. The van der Waals surface area contributed by atoms with Crippen molar-refractivity contribution in [2.75, 3.05) is 19.6 Å². The van der Waals surface area contributed by atoms with Gasteiger partial charge < -0.3 is 9.15 Å². The third kappa shape index (κ3) is 2.49. The fourth-order valence-corrected chi connectivity index (χ4v) is 3.70. The van der Waals surface area contributed by atoms with Crippen LogP contribution in [0.2, 0.25) is 0 Å². The molecule has 4 heterocycles. The van der Waals surface area contributed by atoms with Gasteiger partial charge in [-0.15, -0.1) is 0 Å². The van der Waals surface area contributed by atoms with Crippen molar-refractivity contribution in [2.45, 2.75) is 31.8 Å².